The molecular weight excluding hydrogens is 342 g/mol. The maximum absolute atomic E-state index is 12.7. The van der Waals surface area contributed by atoms with E-state index in [9.17, 15) is 4.79 Å². The molecular formula is C20H21N5O2. The molecule has 0 atom stereocenters. The van der Waals surface area contributed by atoms with E-state index >= 15 is 0 Å². The summed E-state index contributed by atoms with van der Waals surface area (Å²) in [5, 5.41) is 0. The summed E-state index contributed by atoms with van der Waals surface area (Å²) in [7, 11) is 1.62. The topological polar surface area (TPSA) is 63.5 Å². The van der Waals surface area contributed by atoms with E-state index in [1.54, 1.807) is 25.6 Å². The Hall–Kier alpha value is -3.35. The van der Waals surface area contributed by atoms with Crippen molar-refractivity contribution in [2.24, 2.45) is 0 Å². The van der Waals surface area contributed by atoms with Crippen LogP contribution in [0.15, 0.2) is 61.2 Å². The summed E-state index contributed by atoms with van der Waals surface area (Å²) in [6.45, 7) is 2.80. The minimum Gasteiger partial charge on any atom is -0.497 e. The highest BCUT2D eigenvalue weighted by Gasteiger charge is 2.23. The van der Waals surface area contributed by atoms with Gasteiger partial charge in [0, 0.05) is 50.2 Å². The molecule has 1 saturated heterocycles. The van der Waals surface area contributed by atoms with Gasteiger partial charge in [0.05, 0.1) is 7.11 Å². The van der Waals surface area contributed by atoms with E-state index in [4.69, 9.17) is 4.74 Å². The van der Waals surface area contributed by atoms with E-state index < -0.39 is 0 Å². The highest BCUT2D eigenvalue weighted by atomic mass is 16.5. The van der Waals surface area contributed by atoms with Crippen molar-refractivity contribution in [3.05, 3.63) is 66.7 Å². The number of carbonyl (C=O) groups excluding carboxylic acids is 1. The lowest BCUT2D eigenvalue weighted by molar-refractivity contribution is 0.0746. The lowest BCUT2D eigenvalue weighted by Gasteiger charge is -2.35. The van der Waals surface area contributed by atoms with Gasteiger partial charge >= 0.3 is 0 Å². The van der Waals surface area contributed by atoms with E-state index in [1.165, 1.54) is 0 Å². The third-order valence-corrected chi connectivity index (χ3v) is 4.74. The van der Waals surface area contributed by atoms with E-state index in [-0.39, 0.29) is 5.91 Å². The first-order valence-corrected chi connectivity index (χ1v) is 8.88. The standard InChI is InChI=1S/C20H21N5O2/c1-27-17-6-4-16(5-7-17)20(26)25-12-10-24(11-13-25)19-14-18(21-15-22-19)23-8-2-3-9-23/h2-9,14-15H,10-13H2,1H3. The molecule has 1 aliphatic heterocycles. The minimum atomic E-state index is 0.0491. The molecule has 1 aromatic carbocycles. The van der Waals surface area contributed by atoms with Gasteiger partial charge in [-0.25, -0.2) is 9.97 Å². The Morgan fingerprint density at radius 2 is 1.63 bits per heavy atom. The number of carbonyl (C=O) groups is 1. The van der Waals surface area contributed by atoms with Crippen LogP contribution in [0.25, 0.3) is 5.82 Å². The molecule has 3 aromatic rings. The highest BCUT2D eigenvalue weighted by Crippen LogP contribution is 2.18. The predicted octanol–water partition coefficient (Wildman–Crippen LogP) is 2.24. The average Bonchev–Trinajstić information content (AvgIpc) is 3.29. The molecule has 0 bridgehead atoms. The van der Waals surface area contributed by atoms with Gasteiger partial charge in [-0.15, -0.1) is 0 Å². The van der Waals surface area contributed by atoms with Gasteiger partial charge in [0.2, 0.25) is 0 Å². The second-order valence-corrected chi connectivity index (χ2v) is 6.33. The van der Waals surface area contributed by atoms with E-state index in [2.05, 4.69) is 14.9 Å². The van der Waals surface area contributed by atoms with Gasteiger partial charge < -0.3 is 19.1 Å². The van der Waals surface area contributed by atoms with Gasteiger partial charge in [0.15, 0.2) is 0 Å². The Morgan fingerprint density at radius 3 is 2.30 bits per heavy atom. The van der Waals surface area contributed by atoms with Crippen molar-refractivity contribution in [2.45, 2.75) is 0 Å². The molecule has 2 aromatic heterocycles. The Balaban J connectivity index is 1.41. The smallest absolute Gasteiger partial charge is 0.253 e. The molecule has 3 heterocycles. The fraction of sp³-hybridized carbons (Fsp3) is 0.250. The molecule has 0 saturated carbocycles. The van der Waals surface area contributed by atoms with Crippen LogP contribution in [0.3, 0.4) is 0 Å². The summed E-state index contributed by atoms with van der Waals surface area (Å²) in [6, 6.07) is 13.1. The van der Waals surface area contributed by atoms with Crippen molar-refractivity contribution in [2.75, 3.05) is 38.2 Å². The van der Waals surface area contributed by atoms with Crippen LogP contribution in [0.1, 0.15) is 10.4 Å². The summed E-state index contributed by atoms with van der Waals surface area (Å²) in [4.78, 5) is 25.5. The zero-order valence-electron chi connectivity index (χ0n) is 15.2. The molecule has 0 radical (unpaired) electrons. The zero-order valence-corrected chi connectivity index (χ0v) is 15.2. The lowest BCUT2D eigenvalue weighted by Crippen LogP contribution is -2.49. The molecule has 7 heteroatoms. The minimum absolute atomic E-state index is 0.0491. The molecule has 1 amide bonds. The molecule has 4 rings (SSSR count). The number of anilines is 1. The van der Waals surface area contributed by atoms with Crippen molar-refractivity contribution in [1.82, 2.24) is 19.4 Å². The summed E-state index contributed by atoms with van der Waals surface area (Å²) in [6.07, 6.45) is 5.49. The molecule has 0 aliphatic carbocycles. The van der Waals surface area contributed by atoms with Crippen molar-refractivity contribution >= 4 is 11.7 Å². The van der Waals surface area contributed by atoms with Crippen molar-refractivity contribution in [3.63, 3.8) is 0 Å². The monoisotopic (exact) mass is 363 g/mol. The number of piperazine rings is 1. The zero-order chi connectivity index (χ0) is 18.6. The van der Waals surface area contributed by atoms with Gasteiger partial charge in [-0.2, -0.15) is 0 Å². The quantitative estimate of drug-likeness (QED) is 0.711. The van der Waals surface area contributed by atoms with E-state index in [1.807, 2.05) is 52.2 Å². The number of aromatic nitrogens is 3. The normalized spacial score (nSPS) is 14.3. The van der Waals surface area contributed by atoms with Crippen LogP contribution < -0.4 is 9.64 Å². The molecule has 7 nitrogen and oxygen atoms in total. The summed E-state index contributed by atoms with van der Waals surface area (Å²) in [5.74, 6) is 2.51. The fourth-order valence-electron chi connectivity index (χ4n) is 3.19. The number of nitrogens with zero attached hydrogens (tertiary/aromatic N) is 5. The first-order valence-electron chi connectivity index (χ1n) is 8.88. The van der Waals surface area contributed by atoms with E-state index in [0.29, 0.717) is 18.7 Å². The number of methoxy groups -OCH3 is 1. The van der Waals surface area contributed by atoms with Crippen LogP contribution in [0.2, 0.25) is 0 Å². The number of hydrogen-bond donors (Lipinski definition) is 0. The molecule has 138 valence electrons. The van der Waals surface area contributed by atoms with Crippen LogP contribution in [-0.2, 0) is 0 Å². The van der Waals surface area contributed by atoms with Gasteiger partial charge in [-0.1, -0.05) is 0 Å². The number of ether oxygens (including phenoxy) is 1. The molecule has 27 heavy (non-hydrogen) atoms. The summed E-state index contributed by atoms with van der Waals surface area (Å²) >= 11 is 0. The maximum Gasteiger partial charge on any atom is 0.253 e. The number of amides is 1. The van der Waals surface area contributed by atoms with Crippen LogP contribution in [0.5, 0.6) is 5.75 Å². The summed E-state index contributed by atoms with van der Waals surface area (Å²) in [5.41, 5.74) is 0.682. The maximum atomic E-state index is 12.7. The fourth-order valence-corrected chi connectivity index (χ4v) is 3.19. The highest BCUT2D eigenvalue weighted by molar-refractivity contribution is 5.94. The Bertz CT molecular complexity index is 900. The predicted molar refractivity (Wildman–Crippen MR) is 102 cm³/mol. The molecule has 0 N–H and O–H groups in total. The van der Waals surface area contributed by atoms with Crippen LogP contribution in [-0.4, -0.2) is 58.6 Å². The first-order chi connectivity index (χ1) is 13.2. The van der Waals surface area contributed by atoms with Gasteiger partial charge in [-0.05, 0) is 36.4 Å². The molecule has 1 fully saturated rings. The molecule has 0 unspecified atom stereocenters. The van der Waals surface area contributed by atoms with Crippen molar-refractivity contribution in [3.8, 4) is 11.6 Å². The third kappa shape index (κ3) is 3.62. The largest absolute Gasteiger partial charge is 0.497 e. The SMILES string of the molecule is COc1ccc(C(=O)N2CCN(c3cc(-n4cccc4)ncn3)CC2)cc1. The van der Waals surface area contributed by atoms with Crippen LogP contribution in [0, 0.1) is 0 Å². The van der Waals surface area contributed by atoms with Gasteiger partial charge in [0.1, 0.15) is 23.7 Å². The van der Waals surface area contributed by atoms with E-state index in [0.717, 1.165) is 30.5 Å². The first kappa shape index (κ1) is 17.1. The second-order valence-electron chi connectivity index (χ2n) is 6.33. The van der Waals surface area contributed by atoms with Crippen LogP contribution in [0.4, 0.5) is 5.82 Å². The lowest BCUT2D eigenvalue weighted by atomic mass is 10.1. The summed E-state index contributed by atoms with van der Waals surface area (Å²) < 4.78 is 7.10. The molecule has 1 aliphatic rings. The Kier molecular flexibility index (Phi) is 4.74. The Labute approximate surface area is 157 Å². The average molecular weight is 363 g/mol. The number of rotatable bonds is 4. The molecule has 0 spiro atoms. The van der Waals surface area contributed by atoms with Gasteiger partial charge in [0.25, 0.3) is 5.91 Å². The second kappa shape index (κ2) is 7.49. The van der Waals surface area contributed by atoms with Gasteiger partial charge in [-0.3, -0.25) is 4.79 Å². The number of hydrogen-bond acceptors (Lipinski definition) is 5. The third-order valence-electron chi connectivity index (χ3n) is 4.74. The number of benzene rings is 1. The van der Waals surface area contributed by atoms with Crippen LogP contribution >= 0.6 is 0 Å². The van der Waals surface area contributed by atoms with Crippen molar-refractivity contribution in [1.29, 1.82) is 0 Å². The van der Waals surface area contributed by atoms with Crippen molar-refractivity contribution < 1.29 is 9.53 Å². The Morgan fingerprint density at radius 1 is 0.963 bits per heavy atom.